The van der Waals surface area contributed by atoms with Gasteiger partial charge in [0.25, 0.3) is 0 Å². The molecule has 0 spiro atoms. The fourth-order valence-corrected chi connectivity index (χ4v) is 2.59. The zero-order chi connectivity index (χ0) is 11.7. The Morgan fingerprint density at radius 2 is 2.18 bits per heavy atom. The summed E-state index contributed by atoms with van der Waals surface area (Å²) in [4.78, 5) is 8.47. The number of rotatable bonds is 3. The number of aromatic amines is 1. The lowest BCUT2D eigenvalue weighted by Gasteiger charge is -2.11. The van der Waals surface area contributed by atoms with Crippen molar-refractivity contribution in [1.29, 1.82) is 0 Å². The first-order valence-corrected chi connectivity index (χ1v) is 6.24. The average molecular weight is 231 g/mol. The maximum absolute atomic E-state index is 4.32. The summed E-state index contributed by atoms with van der Waals surface area (Å²) in [6, 6.07) is 0. The summed E-state index contributed by atoms with van der Waals surface area (Å²) < 4.78 is 0. The van der Waals surface area contributed by atoms with Crippen LogP contribution in [0, 0.1) is 12.8 Å². The first-order chi connectivity index (χ1) is 8.34. The SMILES string of the molecule is Cc1[nH]nc2ncnc(NCC3CCCC3)c12. The molecule has 5 heteroatoms. The van der Waals surface area contributed by atoms with Crippen molar-refractivity contribution < 1.29 is 0 Å². The molecule has 0 aliphatic heterocycles. The van der Waals surface area contributed by atoms with Crippen molar-refractivity contribution in [1.82, 2.24) is 20.2 Å². The highest BCUT2D eigenvalue weighted by atomic mass is 15.2. The van der Waals surface area contributed by atoms with E-state index in [9.17, 15) is 0 Å². The van der Waals surface area contributed by atoms with Crippen molar-refractivity contribution in [2.24, 2.45) is 5.92 Å². The van der Waals surface area contributed by atoms with Crippen LogP contribution in [0.5, 0.6) is 0 Å². The van der Waals surface area contributed by atoms with Crippen LogP contribution in [0.4, 0.5) is 5.82 Å². The zero-order valence-corrected chi connectivity index (χ0v) is 10.0. The minimum absolute atomic E-state index is 0.742. The van der Waals surface area contributed by atoms with Gasteiger partial charge < -0.3 is 5.32 Å². The molecule has 0 bridgehead atoms. The summed E-state index contributed by atoms with van der Waals surface area (Å²) in [6.45, 7) is 3.01. The van der Waals surface area contributed by atoms with Crippen LogP contribution < -0.4 is 5.32 Å². The Balaban J connectivity index is 1.81. The molecule has 1 aliphatic carbocycles. The maximum Gasteiger partial charge on any atom is 0.186 e. The third-order valence-corrected chi connectivity index (χ3v) is 3.56. The molecule has 1 fully saturated rings. The molecule has 5 nitrogen and oxygen atoms in total. The fraction of sp³-hybridized carbons (Fsp3) is 0.583. The summed E-state index contributed by atoms with van der Waals surface area (Å²) >= 11 is 0. The molecule has 90 valence electrons. The van der Waals surface area contributed by atoms with Crippen molar-refractivity contribution in [3.63, 3.8) is 0 Å². The number of H-pyrrole nitrogens is 1. The molecule has 0 radical (unpaired) electrons. The Kier molecular flexibility index (Phi) is 2.66. The van der Waals surface area contributed by atoms with Gasteiger partial charge in [0.05, 0.1) is 5.39 Å². The summed E-state index contributed by atoms with van der Waals surface area (Å²) in [7, 11) is 0. The van der Waals surface area contributed by atoms with Crippen LogP contribution in [0.25, 0.3) is 11.0 Å². The Morgan fingerprint density at radius 3 is 3.00 bits per heavy atom. The number of anilines is 1. The van der Waals surface area contributed by atoms with E-state index in [1.165, 1.54) is 25.7 Å². The van der Waals surface area contributed by atoms with Crippen molar-refractivity contribution >= 4 is 16.9 Å². The lowest BCUT2D eigenvalue weighted by Crippen LogP contribution is -2.12. The molecule has 2 aromatic rings. The number of aryl methyl sites for hydroxylation is 1. The van der Waals surface area contributed by atoms with E-state index in [2.05, 4.69) is 25.5 Å². The van der Waals surface area contributed by atoms with Crippen molar-refractivity contribution in [3.05, 3.63) is 12.0 Å². The van der Waals surface area contributed by atoms with Crippen LogP contribution in [-0.2, 0) is 0 Å². The van der Waals surface area contributed by atoms with Gasteiger partial charge in [-0.1, -0.05) is 12.8 Å². The number of fused-ring (bicyclic) bond motifs is 1. The minimum Gasteiger partial charge on any atom is -0.369 e. The highest BCUT2D eigenvalue weighted by molar-refractivity contribution is 5.88. The Bertz CT molecular complexity index is 513. The first kappa shape index (κ1) is 10.5. The highest BCUT2D eigenvalue weighted by Crippen LogP contribution is 2.26. The largest absolute Gasteiger partial charge is 0.369 e. The van der Waals surface area contributed by atoms with E-state index >= 15 is 0 Å². The van der Waals surface area contributed by atoms with E-state index in [-0.39, 0.29) is 0 Å². The number of aromatic nitrogens is 4. The van der Waals surface area contributed by atoms with Gasteiger partial charge in [-0.15, -0.1) is 0 Å². The molecule has 2 aromatic heterocycles. The summed E-state index contributed by atoms with van der Waals surface area (Å²) in [6.07, 6.45) is 6.99. The Hall–Kier alpha value is -1.65. The first-order valence-electron chi connectivity index (χ1n) is 6.24. The van der Waals surface area contributed by atoms with Crippen LogP contribution in [0.1, 0.15) is 31.4 Å². The quantitative estimate of drug-likeness (QED) is 0.850. The molecule has 0 saturated heterocycles. The third-order valence-electron chi connectivity index (χ3n) is 3.56. The average Bonchev–Trinajstić information content (AvgIpc) is 2.97. The summed E-state index contributed by atoms with van der Waals surface area (Å²) in [5.41, 5.74) is 1.76. The normalized spacial score (nSPS) is 16.8. The molecule has 0 amide bonds. The van der Waals surface area contributed by atoms with Gasteiger partial charge in [-0.05, 0) is 25.7 Å². The fourth-order valence-electron chi connectivity index (χ4n) is 2.59. The van der Waals surface area contributed by atoms with Gasteiger partial charge in [-0.3, -0.25) is 5.10 Å². The topological polar surface area (TPSA) is 66.5 Å². The molecule has 2 N–H and O–H groups in total. The molecule has 1 saturated carbocycles. The van der Waals surface area contributed by atoms with E-state index in [0.717, 1.165) is 35.0 Å². The maximum atomic E-state index is 4.32. The second-order valence-corrected chi connectivity index (χ2v) is 4.80. The molecule has 0 unspecified atom stereocenters. The van der Waals surface area contributed by atoms with Crippen LogP contribution in [-0.4, -0.2) is 26.7 Å². The number of hydrogen-bond donors (Lipinski definition) is 2. The number of hydrogen-bond acceptors (Lipinski definition) is 4. The van der Waals surface area contributed by atoms with Gasteiger partial charge in [-0.2, -0.15) is 5.10 Å². The van der Waals surface area contributed by atoms with E-state index in [1.54, 1.807) is 6.33 Å². The van der Waals surface area contributed by atoms with E-state index < -0.39 is 0 Å². The molecule has 1 aliphatic rings. The standard InChI is InChI=1S/C12H17N5/c1-8-10-11(13-6-9-4-2-3-5-9)14-7-15-12(10)17-16-8/h7,9H,2-6H2,1H3,(H2,13,14,15,16,17). The van der Waals surface area contributed by atoms with Gasteiger partial charge in [0.1, 0.15) is 12.1 Å². The van der Waals surface area contributed by atoms with E-state index in [4.69, 9.17) is 0 Å². The number of nitrogens with zero attached hydrogens (tertiary/aromatic N) is 3. The molecule has 3 rings (SSSR count). The molecule has 0 aromatic carbocycles. The van der Waals surface area contributed by atoms with Crippen molar-refractivity contribution in [2.75, 3.05) is 11.9 Å². The predicted octanol–water partition coefficient (Wildman–Crippen LogP) is 2.26. The smallest absolute Gasteiger partial charge is 0.186 e. The molecular weight excluding hydrogens is 214 g/mol. The molecular formula is C12H17N5. The van der Waals surface area contributed by atoms with Crippen LogP contribution in [0.2, 0.25) is 0 Å². The molecule has 0 atom stereocenters. The van der Waals surface area contributed by atoms with Crippen LogP contribution in [0.15, 0.2) is 6.33 Å². The summed E-state index contributed by atoms with van der Waals surface area (Å²) in [5.74, 6) is 1.71. The Labute approximate surface area is 100 Å². The predicted molar refractivity (Wildman–Crippen MR) is 66.9 cm³/mol. The lowest BCUT2D eigenvalue weighted by atomic mass is 10.1. The second kappa shape index (κ2) is 4.31. The molecule has 2 heterocycles. The van der Waals surface area contributed by atoms with Crippen molar-refractivity contribution in [3.8, 4) is 0 Å². The second-order valence-electron chi connectivity index (χ2n) is 4.80. The molecule has 17 heavy (non-hydrogen) atoms. The summed E-state index contributed by atoms with van der Waals surface area (Å²) in [5, 5.41) is 11.6. The van der Waals surface area contributed by atoms with Gasteiger partial charge in [0.2, 0.25) is 0 Å². The van der Waals surface area contributed by atoms with Gasteiger partial charge in [-0.25, -0.2) is 9.97 Å². The van der Waals surface area contributed by atoms with Crippen LogP contribution >= 0.6 is 0 Å². The number of nitrogens with one attached hydrogen (secondary N) is 2. The Morgan fingerprint density at radius 1 is 1.35 bits per heavy atom. The van der Waals surface area contributed by atoms with Gasteiger partial charge in [0, 0.05) is 12.2 Å². The van der Waals surface area contributed by atoms with Crippen molar-refractivity contribution in [2.45, 2.75) is 32.6 Å². The van der Waals surface area contributed by atoms with E-state index in [1.807, 2.05) is 6.92 Å². The van der Waals surface area contributed by atoms with Gasteiger partial charge >= 0.3 is 0 Å². The monoisotopic (exact) mass is 231 g/mol. The van der Waals surface area contributed by atoms with Gasteiger partial charge in [0.15, 0.2) is 5.65 Å². The zero-order valence-electron chi connectivity index (χ0n) is 10.0. The van der Waals surface area contributed by atoms with E-state index in [0.29, 0.717) is 0 Å². The third kappa shape index (κ3) is 1.97. The lowest BCUT2D eigenvalue weighted by molar-refractivity contribution is 0.579. The van der Waals surface area contributed by atoms with Crippen LogP contribution in [0.3, 0.4) is 0 Å². The highest BCUT2D eigenvalue weighted by Gasteiger charge is 2.16. The minimum atomic E-state index is 0.742.